The van der Waals surface area contributed by atoms with Gasteiger partial charge in [0.15, 0.2) is 15.6 Å². The maximum absolute atomic E-state index is 12.3. The minimum absolute atomic E-state index is 0.255. The Kier molecular flexibility index (Phi) is 6.90. The van der Waals surface area contributed by atoms with E-state index in [2.05, 4.69) is 14.9 Å². The van der Waals surface area contributed by atoms with Gasteiger partial charge in [-0.05, 0) is 32.1 Å². The first-order chi connectivity index (χ1) is 15.0. The highest BCUT2D eigenvalue weighted by Crippen LogP contribution is 2.15. The molecule has 0 aliphatic carbocycles. The van der Waals surface area contributed by atoms with Gasteiger partial charge >= 0.3 is 0 Å². The molecule has 3 aromatic rings. The number of sulfonamides is 1. The number of carbonyl (C=O) groups excluding carboxylic acids is 1. The Bertz CT molecular complexity index is 1340. The summed E-state index contributed by atoms with van der Waals surface area (Å²) in [5, 5.41) is 7.97. The maximum Gasteiger partial charge on any atom is 0.241 e. The normalized spacial score (nSPS) is 12.2. The van der Waals surface area contributed by atoms with Crippen molar-refractivity contribution < 1.29 is 26.0 Å². The fraction of sp³-hybridized carbons (Fsp3) is 0.190. The number of allylic oxidation sites excluding steroid dienone is 1. The summed E-state index contributed by atoms with van der Waals surface area (Å²) in [6, 6.07) is 13.4. The summed E-state index contributed by atoms with van der Waals surface area (Å²) in [6.07, 6.45) is 0.952. The van der Waals surface area contributed by atoms with Crippen molar-refractivity contribution in [1.82, 2.24) is 10.2 Å². The molecule has 0 saturated carbocycles. The number of rotatable bonds is 9. The highest BCUT2D eigenvalue weighted by molar-refractivity contribution is 7.93. The molecule has 0 unspecified atom stereocenters. The standard InChI is InChI=1S/C21H21N3O6S2/c1-15-3-7-17(8-4-15)19(25)11-12-31(26,27)13-20-22-23-21(30-20)14-32(28,29)24-18-9-5-16(2)6-10-18/h3-12,24H,13-14H2,1-2H3/b12-11+. The lowest BCUT2D eigenvalue weighted by atomic mass is 10.1. The Morgan fingerprint density at radius 3 is 2.00 bits per heavy atom. The van der Waals surface area contributed by atoms with Gasteiger partial charge < -0.3 is 4.42 Å². The van der Waals surface area contributed by atoms with Gasteiger partial charge in [0.1, 0.15) is 11.5 Å². The van der Waals surface area contributed by atoms with Gasteiger partial charge in [-0.15, -0.1) is 10.2 Å². The van der Waals surface area contributed by atoms with E-state index in [9.17, 15) is 21.6 Å². The van der Waals surface area contributed by atoms with E-state index in [1.54, 1.807) is 48.5 Å². The predicted molar refractivity (Wildman–Crippen MR) is 119 cm³/mol. The van der Waals surface area contributed by atoms with E-state index in [1.165, 1.54) is 0 Å². The smallest absolute Gasteiger partial charge is 0.241 e. The molecule has 11 heteroatoms. The summed E-state index contributed by atoms with van der Waals surface area (Å²) >= 11 is 0. The molecule has 0 bridgehead atoms. The van der Waals surface area contributed by atoms with Crippen molar-refractivity contribution >= 4 is 31.3 Å². The van der Waals surface area contributed by atoms with Gasteiger partial charge in [-0.2, -0.15) is 0 Å². The van der Waals surface area contributed by atoms with Crippen LogP contribution in [0, 0.1) is 13.8 Å². The summed E-state index contributed by atoms with van der Waals surface area (Å²) < 4.78 is 56.6. The van der Waals surface area contributed by atoms with Crippen molar-refractivity contribution in [3.8, 4) is 0 Å². The number of ketones is 1. The lowest BCUT2D eigenvalue weighted by Gasteiger charge is -2.06. The molecule has 0 aliphatic rings. The first kappa shape index (κ1) is 23.4. The van der Waals surface area contributed by atoms with Crippen LogP contribution in [0.25, 0.3) is 0 Å². The fourth-order valence-electron chi connectivity index (χ4n) is 2.60. The lowest BCUT2D eigenvalue weighted by Crippen LogP contribution is -2.15. The van der Waals surface area contributed by atoms with Gasteiger partial charge in [0.05, 0.1) is 0 Å². The van der Waals surface area contributed by atoms with Crippen molar-refractivity contribution in [3.63, 3.8) is 0 Å². The third-order valence-electron chi connectivity index (χ3n) is 4.23. The van der Waals surface area contributed by atoms with E-state index < -0.39 is 37.1 Å². The first-order valence-corrected chi connectivity index (χ1v) is 12.8. The molecule has 1 N–H and O–H groups in total. The molecule has 9 nitrogen and oxygen atoms in total. The Morgan fingerprint density at radius 1 is 0.875 bits per heavy atom. The minimum atomic E-state index is -3.89. The molecule has 0 fully saturated rings. The van der Waals surface area contributed by atoms with Crippen LogP contribution in [0.2, 0.25) is 0 Å². The minimum Gasteiger partial charge on any atom is -0.423 e. The number of benzene rings is 2. The highest BCUT2D eigenvalue weighted by atomic mass is 32.2. The zero-order chi connectivity index (χ0) is 23.4. The number of aromatic nitrogens is 2. The second-order valence-electron chi connectivity index (χ2n) is 7.16. The molecule has 0 saturated heterocycles. The van der Waals surface area contributed by atoms with Crippen LogP contribution in [-0.2, 0) is 31.4 Å². The summed E-state index contributed by atoms with van der Waals surface area (Å²) in [7, 11) is -7.73. The zero-order valence-corrected chi connectivity index (χ0v) is 19.0. The third-order valence-corrected chi connectivity index (χ3v) is 6.61. The van der Waals surface area contributed by atoms with E-state index in [0.717, 1.165) is 22.6 Å². The molecule has 0 atom stereocenters. The van der Waals surface area contributed by atoms with Crippen molar-refractivity contribution in [1.29, 1.82) is 0 Å². The van der Waals surface area contributed by atoms with Crippen molar-refractivity contribution in [3.05, 3.63) is 88.5 Å². The van der Waals surface area contributed by atoms with Crippen LogP contribution in [0.3, 0.4) is 0 Å². The zero-order valence-electron chi connectivity index (χ0n) is 17.3. The van der Waals surface area contributed by atoms with Gasteiger partial charge in [-0.3, -0.25) is 9.52 Å². The molecular formula is C21H21N3O6S2. The average Bonchev–Trinajstić information content (AvgIpc) is 3.13. The van der Waals surface area contributed by atoms with Crippen LogP contribution in [-0.4, -0.2) is 32.8 Å². The molecule has 2 aromatic carbocycles. The summed E-state index contributed by atoms with van der Waals surface area (Å²) in [5.74, 6) is -2.28. The second-order valence-corrected chi connectivity index (χ2v) is 10.8. The number of anilines is 1. The molecule has 1 heterocycles. The van der Waals surface area contributed by atoms with Gasteiger partial charge in [-0.1, -0.05) is 47.5 Å². The predicted octanol–water partition coefficient (Wildman–Crippen LogP) is 2.94. The van der Waals surface area contributed by atoms with Gasteiger partial charge in [0, 0.05) is 16.7 Å². The van der Waals surface area contributed by atoms with Crippen LogP contribution in [0.4, 0.5) is 5.69 Å². The number of hydrogen-bond acceptors (Lipinski definition) is 8. The Morgan fingerprint density at radius 2 is 1.41 bits per heavy atom. The summed E-state index contributed by atoms with van der Waals surface area (Å²) in [4.78, 5) is 12.1. The molecule has 0 amide bonds. The number of nitrogens with zero attached hydrogens (tertiary/aromatic N) is 2. The molecule has 32 heavy (non-hydrogen) atoms. The molecule has 1 aromatic heterocycles. The number of carbonyl (C=O) groups is 1. The fourth-order valence-corrected chi connectivity index (χ4v) is 4.50. The molecule has 0 radical (unpaired) electrons. The van der Waals surface area contributed by atoms with Crippen LogP contribution in [0.1, 0.15) is 33.3 Å². The van der Waals surface area contributed by atoms with Crippen LogP contribution >= 0.6 is 0 Å². The molecular weight excluding hydrogens is 454 g/mol. The van der Waals surface area contributed by atoms with Crippen molar-refractivity contribution in [2.75, 3.05) is 4.72 Å². The maximum atomic E-state index is 12.3. The third kappa shape index (κ3) is 6.86. The topological polar surface area (TPSA) is 136 Å². The lowest BCUT2D eigenvalue weighted by molar-refractivity contribution is 0.104. The van der Waals surface area contributed by atoms with E-state index in [-0.39, 0.29) is 11.8 Å². The Labute approximate surface area is 186 Å². The highest BCUT2D eigenvalue weighted by Gasteiger charge is 2.20. The van der Waals surface area contributed by atoms with Crippen molar-refractivity contribution in [2.24, 2.45) is 0 Å². The second kappa shape index (κ2) is 9.45. The van der Waals surface area contributed by atoms with E-state index in [0.29, 0.717) is 11.3 Å². The molecule has 3 rings (SSSR count). The molecule has 168 valence electrons. The van der Waals surface area contributed by atoms with E-state index in [1.807, 2.05) is 13.8 Å². The van der Waals surface area contributed by atoms with E-state index in [4.69, 9.17) is 4.42 Å². The molecule has 0 aliphatic heterocycles. The number of hydrogen-bond donors (Lipinski definition) is 1. The monoisotopic (exact) mass is 475 g/mol. The summed E-state index contributed by atoms with van der Waals surface area (Å²) in [6.45, 7) is 3.75. The van der Waals surface area contributed by atoms with Gasteiger partial charge in [0.25, 0.3) is 0 Å². The largest absolute Gasteiger partial charge is 0.423 e. The Hall–Kier alpha value is -3.31. The number of nitrogens with one attached hydrogen (secondary N) is 1. The number of sulfone groups is 1. The quantitative estimate of drug-likeness (QED) is 0.368. The van der Waals surface area contributed by atoms with E-state index >= 15 is 0 Å². The molecule has 0 spiro atoms. The van der Waals surface area contributed by atoms with Crippen LogP contribution in [0.5, 0.6) is 0 Å². The van der Waals surface area contributed by atoms with Gasteiger partial charge in [-0.25, -0.2) is 16.8 Å². The van der Waals surface area contributed by atoms with Crippen molar-refractivity contribution in [2.45, 2.75) is 25.4 Å². The Balaban J connectivity index is 1.62. The SMILES string of the molecule is Cc1ccc(NS(=O)(=O)Cc2nnc(CS(=O)(=O)/C=C/C(=O)c3ccc(C)cc3)o2)cc1. The summed E-state index contributed by atoms with van der Waals surface area (Å²) in [5.41, 5.74) is 2.68. The van der Waals surface area contributed by atoms with Crippen LogP contribution in [0.15, 0.2) is 64.4 Å². The van der Waals surface area contributed by atoms with Crippen LogP contribution < -0.4 is 4.72 Å². The number of aryl methyl sites for hydroxylation is 2. The first-order valence-electron chi connectivity index (χ1n) is 9.42. The van der Waals surface area contributed by atoms with Gasteiger partial charge in [0.2, 0.25) is 21.8 Å². The average molecular weight is 476 g/mol.